The van der Waals surface area contributed by atoms with Gasteiger partial charge in [-0.15, -0.1) is 0 Å². The summed E-state index contributed by atoms with van der Waals surface area (Å²) < 4.78 is 26.1. The van der Waals surface area contributed by atoms with Gasteiger partial charge >= 0.3 is 0 Å². The molecule has 0 saturated carbocycles. The molecule has 0 spiro atoms. The minimum absolute atomic E-state index is 0.259. The Kier molecular flexibility index (Phi) is 5.24. The second-order valence-corrected chi connectivity index (χ2v) is 6.56. The lowest BCUT2D eigenvalue weighted by Crippen LogP contribution is -2.00. The highest BCUT2D eigenvalue weighted by Crippen LogP contribution is 2.23. The molecular weight excluding hydrogens is 355 g/mol. The van der Waals surface area contributed by atoms with Crippen molar-refractivity contribution in [3.05, 3.63) is 84.3 Å². The SMILES string of the molecule is COc1cccc(CCCOc2ccc3c(cnn3-c3ccc(F)cc3)c2)c1. The predicted octanol–water partition coefficient (Wildman–Crippen LogP) is 5.18. The maximum Gasteiger partial charge on any atom is 0.123 e. The van der Waals surface area contributed by atoms with Crippen LogP contribution in [0.15, 0.2) is 72.9 Å². The van der Waals surface area contributed by atoms with Gasteiger partial charge in [-0.2, -0.15) is 5.10 Å². The topological polar surface area (TPSA) is 36.3 Å². The number of hydrogen-bond donors (Lipinski definition) is 0. The molecule has 4 aromatic rings. The second-order valence-electron chi connectivity index (χ2n) is 6.56. The quantitative estimate of drug-likeness (QED) is 0.417. The van der Waals surface area contributed by atoms with Gasteiger partial charge in [-0.25, -0.2) is 9.07 Å². The molecule has 1 heterocycles. The zero-order valence-corrected chi connectivity index (χ0v) is 15.6. The Labute approximate surface area is 163 Å². The van der Waals surface area contributed by atoms with Gasteiger partial charge in [-0.05, 0) is 73.0 Å². The van der Waals surface area contributed by atoms with Crippen LogP contribution in [0.4, 0.5) is 4.39 Å². The maximum absolute atomic E-state index is 13.1. The first kappa shape index (κ1) is 18.0. The summed E-state index contributed by atoms with van der Waals surface area (Å²) in [4.78, 5) is 0. The summed E-state index contributed by atoms with van der Waals surface area (Å²) in [6.45, 7) is 0.634. The van der Waals surface area contributed by atoms with Crippen LogP contribution in [0.1, 0.15) is 12.0 Å². The van der Waals surface area contributed by atoms with Gasteiger partial charge in [0.1, 0.15) is 17.3 Å². The van der Waals surface area contributed by atoms with Crippen LogP contribution >= 0.6 is 0 Å². The van der Waals surface area contributed by atoms with Gasteiger partial charge in [0.05, 0.1) is 31.1 Å². The van der Waals surface area contributed by atoms with Crippen LogP contribution in [0.3, 0.4) is 0 Å². The second kappa shape index (κ2) is 8.13. The summed E-state index contributed by atoms with van der Waals surface area (Å²) in [6.07, 6.45) is 3.64. The number of methoxy groups -OCH3 is 1. The summed E-state index contributed by atoms with van der Waals surface area (Å²) in [6, 6.07) is 20.3. The van der Waals surface area contributed by atoms with Crippen LogP contribution in [0.25, 0.3) is 16.6 Å². The lowest BCUT2D eigenvalue weighted by atomic mass is 10.1. The molecule has 1 aromatic heterocycles. The zero-order chi connectivity index (χ0) is 19.3. The number of hydrogen-bond acceptors (Lipinski definition) is 3. The van der Waals surface area contributed by atoms with E-state index in [0.29, 0.717) is 6.61 Å². The van der Waals surface area contributed by atoms with E-state index in [-0.39, 0.29) is 5.82 Å². The van der Waals surface area contributed by atoms with E-state index in [0.717, 1.165) is 40.9 Å². The number of fused-ring (bicyclic) bond motifs is 1. The van der Waals surface area contributed by atoms with Crippen molar-refractivity contribution in [2.45, 2.75) is 12.8 Å². The predicted molar refractivity (Wildman–Crippen MR) is 108 cm³/mol. The molecule has 3 aromatic carbocycles. The largest absolute Gasteiger partial charge is 0.497 e. The summed E-state index contributed by atoms with van der Waals surface area (Å²) in [7, 11) is 1.68. The van der Waals surface area contributed by atoms with Crippen LogP contribution in [-0.4, -0.2) is 23.5 Å². The first-order valence-electron chi connectivity index (χ1n) is 9.22. The van der Waals surface area contributed by atoms with E-state index in [4.69, 9.17) is 9.47 Å². The highest BCUT2D eigenvalue weighted by atomic mass is 19.1. The Hall–Kier alpha value is -3.34. The molecule has 142 valence electrons. The van der Waals surface area contributed by atoms with Crippen LogP contribution in [0.2, 0.25) is 0 Å². The third kappa shape index (κ3) is 3.98. The monoisotopic (exact) mass is 376 g/mol. The summed E-state index contributed by atoms with van der Waals surface area (Å²) in [5, 5.41) is 5.40. The Morgan fingerprint density at radius 3 is 2.64 bits per heavy atom. The molecule has 0 atom stereocenters. The Morgan fingerprint density at radius 2 is 1.82 bits per heavy atom. The molecule has 28 heavy (non-hydrogen) atoms. The highest BCUT2D eigenvalue weighted by molar-refractivity contribution is 5.81. The first-order chi connectivity index (χ1) is 13.7. The molecule has 0 radical (unpaired) electrons. The molecule has 0 N–H and O–H groups in total. The van der Waals surface area contributed by atoms with E-state index >= 15 is 0 Å². The minimum atomic E-state index is -0.259. The van der Waals surface area contributed by atoms with Crippen molar-refractivity contribution in [2.24, 2.45) is 0 Å². The zero-order valence-electron chi connectivity index (χ0n) is 15.6. The van der Waals surface area contributed by atoms with E-state index in [1.165, 1.54) is 17.7 Å². The van der Waals surface area contributed by atoms with E-state index in [1.54, 1.807) is 30.1 Å². The van der Waals surface area contributed by atoms with E-state index in [9.17, 15) is 4.39 Å². The fraction of sp³-hybridized carbons (Fsp3) is 0.174. The van der Waals surface area contributed by atoms with Gasteiger partial charge in [0.25, 0.3) is 0 Å². The summed E-state index contributed by atoms with van der Waals surface area (Å²) >= 11 is 0. The lowest BCUT2D eigenvalue weighted by molar-refractivity contribution is 0.311. The molecule has 5 heteroatoms. The van der Waals surface area contributed by atoms with Gasteiger partial charge in [-0.3, -0.25) is 0 Å². The Morgan fingerprint density at radius 1 is 0.964 bits per heavy atom. The van der Waals surface area contributed by atoms with Crippen molar-refractivity contribution in [2.75, 3.05) is 13.7 Å². The average molecular weight is 376 g/mol. The van der Waals surface area contributed by atoms with E-state index in [2.05, 4.69) is 17.2 Å². The smallest absolute Gasteiger partial charge is 0.123 e. The van der Waals surface area contributed by atoms with Crippen LogP contribution in [-0.2, 0) is 6.42 Å². The van der Waals surface area contributed by atoms with Crippen molar-refractivity contribution in [3.63, 3.8) is 0 Å². The van der Waals surface area contributed by atoms with Crippen LogP contribution < -0.4 is 9.47 Å². The molecule has 0 aliphatic rings. The molecule has 0 saturated heterocycles. The van der Waals surface area contributed by atoms with Crippen LogP contribution in [0, 0.1) is 5.82 Å². The molecule has 0 aliphatic heterocycles. The maximum atomic E-state index is 13.1. The first-order valence-corrected chi connectivity index (χ1v) is 9.22. The molecule has 4 nitrogen and oxygen atoms in total. The van der Waals surface area contributed by atoms with Gasteiger partial charge in [0.2, 0.25) is 0 Å². The third-order valence-corrected chi connectivity index (χ3v) is 4.62. The number of ether oxygens (including phenoxy) is 2. The Balaban J connectivity index is 1.39. The number of aryl methyl sites for hydroxylation is 1. The number of rotatable bonds is 7. The Bertz CT molecular complexity index is 1070. The van der Waals surface area contributed by atoms with Gasteiger partial charge < -0.3 is 9.47 Å². The highest BCUT2D eigenvalue weighted by Gasteiger charge is 2.07. The van der Waals surface area contributed by atoms with Gasteiger partial charge in [0.15, 0.2) is 0 Å². The molecular formula is C23H21FN2O2. The molecule has 0 unspecified atom stereocenters. The van der Waals surface area contributed by atoms with Crippen molar-refractivity contribution >= 4 is 10.9 Å². The van der Waals surface area contributed by atoms with Gasteiger partial charge in [0, 0.05) is 5.39 Å². The fourth-order valence-electron chi connectivity index (χ4n) is 3.18. The van der Waals surface area contributed by atoms with Gasteiger partial charge in [-0.1, -0.05) is 12.1 Å². The van der Waals surface area contributed by atoms with Crippen molar-refractivity contribution in [1.29, 1.82) is 0 Å². The molecule has 0 amide bonds. The molecule has 0 fully saturated rings. The number of halogens is 1. The van der Waals surface area contributed by atoms with Crippen molar-refractivity contribution in [1.82, 2.24) is 9.78 Å². The standard InChI is InChI=1S/C23H21FN2O2/c1-27-21-6-2-4-17(14-21)5-3-13-28-22-11-12-23-18(15-22)16-25-26(23)20-9-7-19(24)8-10-20/h2,4,6-12,14-16H,3,5,13H2,1H3. The third-order valence-electron chi connectivity index (χ3n) is 4.62. The lowest BCUT2D eigenvalue weighted by Gasteiger charge is -2.08. The fourth-order valence-corrected chi connectivity index (χ4v) is 3.18. The molecule has 4 rings (SSSR count). The number of aromatic nitrogens is 2. The molecule has 0 bridgehead atoms. The summed E-state index contributed by atoms with van der Waals surface area (Å²) in [5.41, 5.74) is 3.01. The van der Waals surface area contributed by atoms with Crippen molar-refractivity contribution in [3.8, 4) is 17.2 Å². The average Bonchev–Trinajstić information content (AvgIpc) is 3.15. The molecule has 0 aliphatic carbocycles. The number of nitrogens with zero attached hydrogens (tertiary/aromatic N) is 2. The van der Waals surface area contributed by atoms with E-state index in [1.807, 2.05) is 30.3 Å². The summed E-state index contributed by atoms with van der Waals surface area (Å²) in [5.74, 6) is 1.43. The minimum Gasteiger partial charge on any atom is -0.497 e. The normalized spacial score (nSPS) is 10.9. The number of benzene rings is 3. The van der Waals surface area contributed by atoms with Crippen LogP contribution in [0.5, 0.6) is 11.5 Å². The van der Waals surface area contributed by atoms with Crippen molar-refractivity contribution < 1.29 is 13.9 Å². The van der Waals surface area contributed by atoms with E-state index < -0.39 is 0 Å².